The lowest BCUT2D eigenvalue weighted by molar-refractivity contribution is 1.10. The van der Waals surface area contributed by atoms with Crippen LogP contribution < -0.4 is 0 Å². The molecule has 11 aromatic rings. The SMILES string of the molecule is c1ccc(-c2ccccc2-c2cc(-c3ccc(-c4nc5ccccc5n4-c4ccccc4)cc3)cc3c(-c4ccccc4-c4ccccc4)c4ccccc4cc23)cc1. The van der Waals surface area contributed by atoms with Crippen molar-refractivity contribution in [3.05, 3.63) is 231 Å². The van der Waals surface area contributed by atoms with E-state index in [2.05, 4.69) is 235 Å². The number of fused-ring (bicyclic) bond motifs is 3. The summed E-state index contributed by atoms with van der Waals surface area (Å²) in [5.74, 6) is 0.922. The van der Waals surface area contributed by atoms with Gasteiger partial charge in [0.2, 0.25) is 0 Å². The van der Waals surface area contributed by atoms with E-state index in [1.165, 1.54) is 66.1 Å². The molecule has 0 aliphatic rings. The van der Waals surface area contributed by atoms with E-state index in [1.807, 2.05) is 0 Å². The van der Waals surface area contributed by atoms with Crippen LogP contribution in [0.3, 0.4) is 0 Å². The molecular formula is C57H38N2. The van der Waals surface area contributed by atoms with Crippen LogP contribution in [0.25, 0.3) is 105 Å². The standard InChI is InChI=1S/C57H38N2/c1-4-18-40(19-5-1)46-25-12-14-28-49(46)51-37-44(39-32-34-42(35-33-39)57-58-54-30-16-17-31-55(54)59(57)45-23-8-3-9-24-45)38-53-52(51)36-43-22-10-11-27-48(43)56(53)50-29-15-13-26-47(50)41-20-6-2-7-21-41/h1-38H. The Hall–Kier alpha value is -7.81. The van der Waals surface area contributed by atoms with Crippen LogP contribution in [-0.4, -0.2) is 9.55 Å². The third-order valence-electron chi connectivity index (χ3n) is 11.6. The molecule has 11 rings (SSSR count). The number of benzene rings is 10. The van der Waals surface area contributed by atoms with Gasteiger partial charge in [0.05, 0.1) is 11.0 Å². The zero-order chi connectivity index (χ0) is 39.1. The fourth-order valence-electron chi connectivity index (χ4n) is 8.87. The average Bonchev–Trinajstić information content (AvgIpc) is 3.71. The first-order chi connectivity index (χ1) is 29.3. The van der Waals surface area contributed by atoms with Gasteiger partial charge in [-0.25, -0.2) is 4.98 Å². The fourth-order valence-corrected chi connectivity index (χ4v) is 8.87. The highest BCUT2D eigenvalue weighted by atomic mass is 15.1. The van der Waals surface area contributed by atoms with Gasteiger partial charge in [-0.15, -0.1) is 0 Å². The summed E-state index contributed by atoms with van der Waals surface area (Å²) in [7, 11) is 0. The Morgan fingerprint density at radius 3 is 1.56 bits per heavy atom. The number of rotatable bonds is 7. The Bertz CT molecular complexity index is 3290. The molecule has 0 aliphatic heterocycles. The molecule has 0 amide bonds. The largest absolute Gasteiger partial charge is 0.292 e. The van der Waals surface area contributed by atoms with Gasteiger partial charge in [0.25, 0.3) is 0 Å². The van der Waals surface area contributed by atoms with Crippen molar-refractivity contribution in [2.24, 2.45) is 0 Å². The van der Waals surface area contributed by atoms with E-state index in [-0.39, 0.29) is 0 Å². The summed E-state index contributed by atoms with van der Waals surface area (Å²) in [6.07, 6.45) is 0. The monoisotopic (exact) mass is 750 g/mol. The maximum absolute atomic E-state index is 5.17. The van der Waals surface area contributed by atoms with Gasteiger partial charge in [0.1, 0.15) is 5.82 Å². The predicted molar refractivity (Wildman–Crippen MR) is 249 cm³/mol. The van der Waals surface area contributed by atoms with Crippen LogP contribution in [0.1, 0.15) is 0 Å². The van der Waals surface area contributed by atoms with Gasteiger partial charge in [0.15, 0.2) is 0 Å². The van der Waals surface area contributed by atoms with Gasteiger partial charge < -0.3 is 0 Å². The van der Waals surface area contributed by atoms with Gasteiger partial charge >= 0.3 is 0 Å². The maximum Gasteiger partial charge on any atom is 0.145 e. The summed E-state index contributed by atoms with van der Waals surface area (Å²) >= 11 is 0. The molecule has 0 atom stereocenters. The molecule has 0 saturated heterocycles. The van der Waals surface area contributed by atoms with Crippen LogP contribution in [0.4, 0.5) is 0 Å². The molecule has 10 aromatic carbocycles. The highest BCUT2D eigenvalue weighted by molar-refractivity contribution is 6.19. The number of aromatic nitrogens is 2. The second-order valence-corrected chi connectivity index (χ2v) is 15.1. The minimum atomic E-state index is 0.922. The van der Waals surface area contributed by atoms with Crippen LogP contribution in [-0.2, 0) is 0 Å². The Kier molecular flexibility index (Phi) is 8.52. The molecule has 0 unspecified atom stereocenters. The van der Waals surface area contributed by atoms with Crippen molar-refractivity contribution >= 4 is 32.6 Å². The molecule has 1 aromatic heterocycles. The van der Waals surface area contributed by atoms with Crippen molar-refractivity contribution in [3.8, 4) is 72.7 Å². The van der Waals surface area contributed by atoms with Crippen molar-refractivity contribution in [2.75, 3.05) is 0 Å². The molecule has 0 saturated carbocycles. The van der Waals surface area contributed by atoms with Gasteiger partial charge in [0, 0.05) is 11.3 Å². The summed E-state index contributed by atoms with van der Waals surface area (Å²) in [5.41, 5.74) is 16.2. The van der Waals surface area contributed by atoms with Gasteiger partial charge in [-0.3, -0.25) is 4.57 Å². The molecule has 276 valence electrons. The molecular weight excluding hydrogens is 713 g/mol. The van der Waals surface area contributed by atoms with Crippen molar-refractivity contribution in [1.29, 1.82) is 0 Å². The summed E-state index contributed by atoms with van der Waals surface area (Å²) in [6, 6.07) is 83.2. The van der Waals surface area contributed by atoms with Crippen molar-refractivity contribution in [2.45, 2.75) is 0 Å². The highest BCUT2D eigenvalue weighted by Crippen LogP contribution is 2.47. The average molecular weight is 751 g/mol. The zero-order valence-electron chi connectivity index (χ0n) is 32.3. The Balaban J connectivity index is 1.18. The Morgan fingerprint density at radius 1 is 0.305 bits per heavy atom. The van der Waals surface area contributed by atoms with Crippen LogP contribution in [0.5, 0.6) is 0 Å². The van der Waals surface area contributed by atoms with E-state index in [0.717, 1.165) is 39.2 Å². The van der Waals surface area contributed by atoms with Crippen molar-refractivity contribution in [1.82, 2.24) is 9.55 Å². The minimum absolute atomic E-state index is 0.922. The topological polar surface area (TPSA) is 17.8 Å². The first kappa shape index (κ1) is 34.4. The van der Waals surface area contributed by atoms with Gasteiger partial charge in [-0.1, -0.05) is 188 Å². The van der Waals surface area contributed by atoms with E-state index in [0.29, 0.717) is 0 Å². The molecule has 2 nitrogen and oxygen atoms in total. The summed E-state index contributed by atoms with van der Waals surface area (Å²) in [5, 5.41) is 4.90. The molecule has 0 aliphatic carbocycles. The summed E-state index contributed by atoms with van der Waals surface area (Å²) in [4.78, 5) is 5.17. The predicted octanol–water partition coefficient (Wildman–Crippen LogP) is 15.3. The smallest absolute Gasteiger partial charge is 0.145 e. The minimum Gasteiger partial charge on any atom is -0.292 e. The quantitative estimate of drug-likeness (QED) is 0.148. The molecule has 59 heavy (non-hydrogen) atoms. The number of hydrogen-bond acceptors (Lipinski definition) is 1. The van der Waals surface area contributed by atoms with E-state index in [1.54, 1.807) is 0 Å². The van der Waals surface area contributed by atoms with E-state index in [9.17, 15) is 0 Å². The van der Waals surface area contributed by atoms with Crippen LogP contribution in [0.2, 0.25) is 0 Å². The molecule has 0 N–H and O–H groups in total. The van der Waals surface area contributed by atoms with Crippen LogP contribution in [0, 0.1) is 0 Å². The second kappa shape index (κ2) is 14.6. The lowest BCUT2D eigenvalue weighted by atomic mass is 9.83. The van der Waals surface area contributed by atoms with E-state index < -0.39 is 0 Å². The van der Waals surface area contributed by atoms with E-state index >= 15 is 0 Å². The molecule has 0 spiro atoms. The zero-order valence-corrected chi connectivity index (χ0v) is 32.3. The molecule has 0 radical (unpaired) electrons. The summed E-state index contributed by atoms with van der Waals surface area (Å²) < 4.78 is 2.26. The van der Waals surface area contributed by atoms with Crippen LogP contribution >= 0.6 is 0 Å². The third-order valence-corrected chi connectivity index (χ3v) is 11.6. The normalized spacial score (nSPS) is 11.4. The Labute approximate surface area is 344 Å². The summed E-state index contributed by atoms with van der Waals surface area (Å²) in [6.45, 7) is 0. The molecule has 0 bridgehead atoms. The highest BCUT2D eigenvalue weighted by Gasteiger charge is 2.20. The first-order valence-electron chi connectivity index (χ1n) is 20.2. The van der Waals surface area contributed by atoms with Gasteiger partial charge in [-0.2, -0.15) is 0 Å². The number of imidazole rings is 1. The number of para-hydroxylation sites is 3. The molecule has 1 heterocycles. The molecule has 2 heteroatoms. The maximum atomic E-state index is 5.17. The van der Waals surface area contributed by atoms with Gasteiger partial charge in [-0.05, 0) is 120 Å². The lowest BCUT2D eigenvalue weighted by Crippen LogP contribution is -1.97. The fraction of sp³-hybridized carbons (Fsp3) is 0. The second-order valence-electron chi connectivity index (χ2n) is 15.1. The van der Waals surface area contributed by atoms with E-state index in [4.69, 9.17) is 4.98 Å². The Morgan fingerprint density at radius 2 is 0.847 bits per heavy atom. The first-order valence-corrected chi connectivity index (χ1v) is 20.2. The number of hydrogen-bond donors (Lipinski definition) is 0. The lowest BCUT2D eigenvalue weighted by Gasteiger charge is -2.20. The number of nitrogens with zero attached hydrogens (tertiary/aromatic N) is 2. The van der Waals surface area contributed by atoms with Crippen LogP contribution in [0.15, 0.2) is 231 Å². The van der Waals surface area contributed by atoms with Crippen molar-refractivity contribution < 1.29 is 0 Å². The van der Waals surface area contributed by atoms with Crippen molar-refractivity contribution in [3.63, 3.8) is 0 Å². The third kappa shape index (κ3) is 6.10. The molecule has 0 fully saturated rings.